The second kappa shape index (κ2) is 4.52. The minimum atomic E-state index is -0.397. The molecule has 0 saturated heterocycles. The molecule has 18 heavy (non-hydrogen) atoms. The fraction of sp³-hybridized carbons (Fsp3) is 0.0769. The SMILES string of the molecule is [C-]#[N+]c1c(C)[nH]nc(-c2ccc(C#N)cc2)c1=O. The van der Waals surface area contributed by atoms with Crippen LogP contribution in [0.25, 0.3) is 16.1 Å². The second-order valence-electron chi connectivity index (χ2n) is 3.68. The van der Waals surface area contributed by atoms with Gasteiger partial charge in [0.1, 0.15) is 5.69 Å². The Morgan fingerprint density at radius 2 is 2.06 bits per heavy atom. The highest BCUT2D eigenvalue weighted by molar-refractivity contribution is 5.65. The number of hydrogen-bond donors (Lipinski definition) is 1. The predicted octanol–water partition coefficient (Wildman–Crippen LogP) is 2.17. The van der Waals surface area contributed by atoms with Crippen LogP contribution in [0, 0.1) is 24.8 Å². The molecule has 0 radical (unpaired) electrons. The van der Waals surface area contributed by atoms with Crippen molar-refractivity contribution < 1.29 is 0 Å². The molecular weight excluding hydrogens is 228 g/mol. The minimum Gasteiger partial charge on any atom is -0.300 e. The molecule has 0 aliphatic carbocycles. The van der Waals surface area contributed by atoms with Crippen molar-refractivity contribution >= 4 is 5.69 Å². The summed E-state index contributed by atoms with van der Waals surface area (Å²) in [5.41, 5.74) is 1.38. The van der Waals surface area contributed by atoms with Gasteiger partial charge in [-0.15, -0.1) is 0 Å². The molecule has 1 N–H and O–H groups in total. The molecule has 2 rings (SSSR count). The average molecular weight is 236 g/mol. The van der Waals surface area contributed by atoms with Crippen molar-refractivity contribution in [2.75, 3.05) is 0 Å². The van der Waals surface area contributed by atoms with Crippen LogP contribution < -0.4 is 5.43 Å². The molecule has 0 atom stereocenters. The fourth-order valence-electron chi connectivity index (χ4n) is 1.56. The van der Waals surface area contributed by atoms with Crippen LogP contribution in [0.4, 0.5) is 5.69 Å². The Labute approximate surface area is 103 Å². The molecule has 2 aromatic rings. The number of nitrogens with zero attached hydrogens (tertiary/aromatic N) is 3. The van der Waals surface area contributed by atoms with Crippen molar-refractivity contribution in [2.45, 2.75) is 6.92 Å². The average Bonchev–Trinajstić information content (AvgIpc) is 2.40. The van der Waals surface area contributed by atoms with Gasteiger partial charge in [-0.05, 0) is 19.1 Å². The topological polar surface area (TPSA) is 73.9 Å². The van der Waals surface area contributed by atoms with Crippen molar-refractivity contribution in [1.29, 1.82) is 5.26 Å². The molecule has 0 fully saturated rings. The summed E-state index contributed by atoms with van der Waals surface area (Å²) in [4.78, 5) is 15.2. The summed E-state index contributed by atoms with van der Waals surface area (Å²) in [6.07, 6.45) is 0. The smallest absolute Gasteiger partial charge is 0.255 e. The molecule has 0 aliphatic rings. The predicted molar refractivity (Wildman–Crippen MR) is 66.0 cm³/mol. The van der Waals surface area contributed by atoms with Crippen LogP contribution in [0.15, 0.2) is 29.1 Å². The maximum Gasteiger partial charge on any atom is 0.255 e. The largest absolute Gasteiger partial charge is 0.300 e. The number of H-pyrrole nitrogens is 1. The van der Waals surface area contributed by atoms with E-state index in [-0.39, 0.29) is 11.4 Å². The number of aromatic amines is 1. The summed E-state index contributed by atoms with van der Waals surface area (Å²) >= 11 is 0. The maximum absolute atomic E-state index is 12.0. The maximum atomic E-state index is 12.0. The normalized spacial score (nSPS) is 9.50. The van der Waals surface area contributed by atoms with E-state index in [1.165, 1.54) is 0 Å². The highest BCUT2D eigenvalue weighted by Gasteiger charge is 2.12. The van der Waals surface area contributed by atoms with Crippen LogP contribution in [-0.2, 0) is 0 Å². The summed E-state index contributed by atoms with van der Waals surface area (Å²) < 4.78 is 0. The van der Waals surface area contributed by atoms with Crippen LogP contribution >= 0.6 is 0 Å². The Morgan fingerprint density at radius 3 is 2.61 bits per heavy atom. The van der Waals surface area contributed by atoms with Crippen molar-refractivity contribution in [1.82, 2.24) is 10.2 Å². The molecule has 1 aromatic heterocycles. The van der Waals surface area contributed by atoms with E-state index in [9.17, 15) is 4.79 Å². The van der Waals surface area contributed by atoms with Gasteiger partial charge in [0.05, 0.1) is 18.2 Å². The molecule has 0 aliphatic heterocycles. The van der Waals surface area contributed by atoms with Gasteiger partial charge >= 0.3 is 0 Å². The lowest BCUT2D eigenvalue weighted by molar-refractivity contribution is 0.983. The zero-order chi connectivity index (χ0) is 13.1. The standard InChI is InChI=1S/C13H8N4O/c1-8-11(15-2)13(18)12(17-16-8)10-5-3-9(7-14)4-6-10/h3-6H,1H3,(H,16,18). The van der Waals surface area contributed by atoms with Gasteiger partial charge in [-0.2, -0.15) is 10.4 Å². The lowest BCUT2D eigenvalue weighted by Gasteiger charge is -2.02. The van der Waals surface area contributed by atoms with Gasteiger partial charge in [0, 0.05) is 11.3 Å². The van der Waals surface area contributed by atoms with Gasteiger partial charge in [0.2, 0.25) is 5.43 Å². The summed E-state index contributed by atoms with van der Waals surface area (Å²) in [7, 11) is 0. The lowest BCUT2D eigenvalue weighted by Crippen LogP contribution is -2.10. The summed E-state index contributed by atoms with van der Waals surface area (Å²) in [5, 5.41) is 15.3. The molecule has 0 bridgehead atoms. The summed E-state index contributed by atoms with van der Waals surface area (Å²) in [6.45, 7) is 8.61. The first-order chi connectivity index (χ1) is 8.67. The first-order valence-corrected chi connectivity index (χ1v) is 5.14. The second-order valence-corrected chi connectivity index (χ2v) is 3.68. The van der Waals surface area contributed by atoms with Crippen LogP contribution in [0.2, 0.25) is 0 Å². The van der Waals surface area contributed by atoms with Crippen LogP contribution in [0.3, 0.4) is 0 Å². The summed E-state index contributed by atoms with van der Waals surface area (Å²) in [6, 6.07) is 8.48. The third-order valence-electron chi connectivity index (χ3n) is 2.52. The third kappa shape index (κ3) is 1.85. The van der Waals surface area contributed by atoms with Crippen molar-refractivity contribution in [3.05, 3.63) is 57.2 Å². The fourth-order valence-corrected chi connectivity index (χ4v) is 1.56. The van der Waals surface area contributed by atoms with E-state index >= 15 is 0 Å². The molecule has 1 aromatic carbocycles. The van der Waals surface area contributed by atoms with Crippen LogP contribution in [-0.4, -0.2) is 10.2 Å². The number of benzene rings is 1. The Balaban J connectivity index is 2.63. The Kier molecular flexibility index (Phi) is 2.90. The zero-order valence-corrected chi connectivity index (χ0v) is 9.56. The quantitative estimate of drug-likeness (QED) is 0.771. The molecule has 0 spiro atoms. The van der Waals surface area contributed by atoms with Gasteiger partial charge in [-0.25, -0.2) is 4.85 Å². The first kappa shape index (κ1) is 11.6. The summed E-state index contributed by atoms with van der Waals surface area (Å²) in [5.74, 6) is 0. The molecule has 1 heterocycles. The third-order valence-corrected chi connectivity index (χ3v) is 2.52. The van der Waals surface area contributed by atoms with Gasteiger partial charge < -0.3 is 4.79 Å². The first-order valence-electron chi connectivity index (χ1n) is 5.14. The Hall–Kier alpha value is -2.92. The van der Waals surface area contributed by atoms with Gasteiger partial charge in [-0.3, -0.25) is 5.10 Å². The number of hydrogen-bond acceptors (Lipinski definition) is 3. The van der Waals surface area contributed by atoms with Crippen molar-refractivity contribution in [3.8, 4) is 17.3 Å². The van der Waals surface area contributed by atoms with E-state index in [0.29, 0.717) is 16.8 Å². The van der Waals surface area contributed by atoms with Gasteiger partial charge in [0.15, 0.2) is 0 Å². The molecular formula is C13H8N4O. The van der Waals surface area contributed by atoms with Gasteiger partial charge in [-0.1, -0.05) is 12.1 Å². The highest BCUT2D eigenvalue weighted by atomic mass is 16.1. The molecule has 0 saturated carbocycles. The number of nitrogens with one attached hydrogen (secondary N) is 1. The molecule has 86 valence electrons. The number of aryl methyl sites for hydroxylation is 1. The Bertz CT molecular complexity index is 730. The Morgan fingerprint density at radius 1 is 1.39 bits per heavy atom. The monoisotopic (exact) mass is 236 g/mol. The van der Waals surface area contributed by atoms with Crippen LogP contribution in [0.1, 0.15) is 11.3 Å². The van der Waals surface area contributed by atoms with Crippen molar-refractivity contribution in [2.24, 2.45) is 0 Å². The number of rotatable bonds is 1. The van der Waals surface area contributed by atoms with E-state index < -0.39 is 5.43 Å². The van der Waals surface area contributed by atoms with Crippen LogP contribution in [0.5, 0.6) is 0 Å². The van der Waals surface area contributed by atoms with Gasteiger partial charge in [0.25, 0.3) is 5.69 Å². The molecule has 0 amide bonds. The van der Waals surface area contributed by atoms with Crippen molar-refractivity contribution in [3.63, 3.8) is 0 Å². The van der Waals surface area contributed by atoms with E-state index in [0.717, 1.165) is 0 Å². The number of nitriles is 1. The minimum absolute atomic E-state index is 0.0457. The highest BCUT2D eigenvalue weighted by Crippen LogP contribution is 2.17. The van der Waals surface area contributed by atoms with E-state index in [4.69, 9.17) is 11.8 Å². The van der Waals surface area contributed by atoms with E-state index in [2.05, 4.69) is 15.0 Å². The van der Waals surface area contributed by atoms with E-state index in [1.807, 2.05) is 6.07 Å². The molecule has 0 unspecified atom stereocenters. The number of aromatic nitrogens is 2. The zero-order valence-electron chi connectivity index (χ0n) is 9.56. The molecule has 5 heteroatoms. The molecule has 5 nitrogen and oxygen atoms in total. The lowest BCUT2D eigenvalue weighted by atomic mass is 10.1. The van der Waals surface area contributed by atoms with E-state index in [1.54, 1.807) is 31.2 Å².